The third kappa shape index (κ3) is 6.14. The molecular formula is C16H26F3N5S. The number of guanidine groups is 1. The van der Waals surface area contributed by atoms with Gasteiger partial charge in [0, 0.05) is 30.9 Å². The minimum atomic E-state index is -4.37. The molecule has 1 aliphatic heterocycles. The summed E-state index contributed by atoms with van der Waals surface area (Å²) in [5, 5.41) is 7.90. The lowest BCUT2D eigenvalue weighted by Gasteiger charge is -2.21. The molecule has 2 heterocycles. The summed E-state index contributed by atoms with van der Waals surface area (Å²) in [5.74, 6) is 0.707. The molecule has 25 heavy (non-hydrogen) atoms. The Hall–Kier alpha value is -1.35. The Morgan fingerprint density at radius 1 is 1.40 bits per heavy atom. The van der Waals surface area contributed by atoms with E-state index >= 15 is 0 Å². The van der Waals surface area contributed by atoms with Gasteiger partial charge >= 0.3 is 6.18 Å². The monoisotopic (exact) mass is 377 g/mol. The highest BCUT2D eigenvalue weighted by Crippen LogP contribution is 2.30. The molecule has 1 aromatic heterocycles. The standard InChI is InChI=1S/C16H26F3N5S/c1-3-20-15(22-10-12-6-5-9-24(12)4-2)21-8-7-14-23-13(11-25-14)16(17,18)19/h11-12H,3-10H2,1-2H3,(H2,20,21,22). The lowest BCUT2D eigenvalue weighted by molar-refractivity contribution is -0.140. The zero-order valence-corrected chi connectivity index (χ0v) is 15.5. The van der Waals surface area contributed by atoms with Crippen molar-refractivity contribution in [2.45, 2.75) is 45.3 Å². The predicted octanol–water partition coefficient (Wildman–Crippen LogP) is 2.74. The number of halogens is 3. The van der Waals surface area contributed by atoms with Crippen molar-refractivity contribution in [2.75, 3.05) is 32.7 Å². The summed E-state index contributed by atoms with van der Waals surface area (Å²) in [6.45, 7) is 8.29. The van der Waals surface area contributed by atoms with E-state index in [1.54, 1.807) is 0 Å². The maximum absolute atomic E-state index is 12.6. The fourth-order valence-corrected chi connectivity index (χ4v) is 3.71. The molecule has 0 saturated carbocycles. The van der Waals surface area contributed by atoms with Crippen LogP contribution in [0.2, 0.25) is 0 Å². The first kappa shape index (κ1) is 20.0. The van der Waals surface area contributed by atoms with E-state index in [1.807, 2.05) is 6.92 Å². The van der Waals surface area contributed by atoms with E-state index in [1.165, 1.54) is 6.42 Å². The minimum Gasteiger partial charge on any atom is -0.357 e. The SMILES string of the molecule is CCNC(=NCC1CCCN1CC)NCCc1nc(C(F)(F)F)cs1. The summed E-state index contributed by atoms with van der Waals surface area (Å²) < 4.78 is 37.7. The molecule has 1 fully saturated rings. The van der Waals surface area contributed by atoms with Crippen LogP contribution in [0.25, 0.3) is 0 Å². The zero-order valence-electron chi connectivity index (χ0n) is 14.7. The molecule has 0 aromatic carbocycles. The Balaban J connectivity index is 1.82. The highest BCUT2D eigenvalue weighted by molar-refractivity contribution is 7.09. The van der Waals surface area contributed by atoms with Gasteiger partial charge < -0.3 is 10.6 Å². The van der Waals surface area contributed by atoms with E-state index in [-0.39, 0.29) is 0 Å². The highest BCUT2D eigenvalue weighted by atomic mass is 32.1. The highest BCUT2D eigenvalue weighted by Gasteiger charge is 2.33. The number of rotatable bonds is 7. The molecule has 2 rings (SSSR count). The summed E-state index contributed by atoms with van der Waals surface area (Å²) in [6.07, 6.45) is -1.56. The summed E-state index contributed by atoms with van der Waals surface area (Å²) in [5.41, 5.74) is -0.811. The third-order valence-corrected chi connectivity index (χ3v) is 5.09. The van der Waals surface area contributed by atoms with Crippen molar-refractivity contribution in [1.29, 1.82) is 0 Å². The Morgan fingerprint density at radius 2 is 2.20 bits per heavy atom. The number of likely N-dealkylation sites (N-methyl/N-ethyl adjacent to an activating group) is 1. The van der Waals surface area contributed by atoms with Crippen LogP contribution in [0.4, 0.5) is 13.2 Å². The summed E-state index contributed by atoms with van der Waals surface area (Å²) in [7, 11) is 0. The molecule has 1 aromatic rings. The Kier molecular flexibility index (Phi) is 7.49. The van der Waals surface area contributed by atoms with E-state index in [0.717, 1.165) is 49.3 Å². The molecule has 0 amide bonds. The van der Waals surface area contributed by atoms with Gasteiger partial charge in [0.25, 0.3) is 0 Å². The topological polar surface area (TPSA) is 52.6 Å². The third-order valence-electron chi connectivity index (χ3n) is 4.18. The van der Waals surface area contributed by atoms with Crippen molar-refractivity contribution in [2.24, 2.45) is 4.99 Å². The van der Waals surface area contributed by atoms with Gasteiger partial charge in [-0.1, -0.05) is 6.92 Å². The molecule has 1 aliphatic rings. The van der Waals surface area contributed by atoms with Gasteiger partial charge in [0.2, 0.25) is 0 Å². The van der Waals surface area contributed by atoms with E-state index in [0.29, 0.717) is 30.0 Å². The summed E-state index contributed by atoms with van der Waals surface area (Å²) in [4.78, 5) is 10.7. The molecule has 0 radical (unpaired) electrons. The maximum Gasteiger partial charge on any atom is 0.434 e. The number of likely N-dealkylation sites (tertiary alicyclic amines) is 1. The second-order valence-electron chi connectivity index (χ2n) is 5.95. The Morgan fingerprint density at radius 3 is 2.84 bits per heavy atom. The number of nitrogens with zero attached hydrogens (tertiary/aromatic N) is 3. The van der Waals surface area contributed by atoms with E-state index in [2.05, 4.69) is 32.4 Å². The summed E-state index contributed by atoms with van der Waals surface area (Å²) in [6, 6.07) is 0.480. The van der Waals surface area contributed by atoms with Crippen LogP contribution in [-0.2, 0) is 12.6 Å². The first-order valence-corrected chi connectivity index (χ1v) is 9.59. The fraction of sp³-hybridized carbons (Fsp3) is 0.750. The molecule has 0 aliphatic carbocycles. The number of hydrogen-bond acceptors (Lipinski definition) is 4. The quantitative estimate of drug-likeness (QED) is 0.567. The normalized spacial score (nSPS) is 19.4. The lowest BCUT2D eigenvalue weighted by atomic mass is 10.2. The van der Waals surface area contributed by atoms with Crippen LogP contribution in [-0.4, -0.2) is 54.6 Å². The molecule has 0 bridgehead atoms. The fourth-order valence-electron chi connectivity index (χ4n) is 2.90. The van der Waals surface area contributed by atoms with Crippen LogP contribution in [0, 0.1) is 0 Å². The van der Waals surface area contributed by atoms with Gasteiger partial charge in [0.15, 0.2) is 11.7 Å². The number of alkyl halides is 3. The van der Waals surface area contributed by atoms with Gasteiger partial charge in [-0.2, -0.15) is 13.2 Å². The first-order chi connectivity index (χ1) is 11.9. The molecule has 9 heteroatoms. The smallest absolute Gasteiger partial charge is 0.357 e. The van der Waals surface area contributed by atoms with Gasteiger partial charge in [0.05, 0.1) is 11.6 Å². The lowest BCUT2D eigenvalue weighted by Crippen LogP contribution is -2.40. The first-order valence-electron chi connectivity index (χ1n) is 8.71. The van der Waals surface area contributed by atoms with Crippen molar-refractivity contribution >= 4 is 17.3 Å². The van der Waals surface area contributed by atoms with Crippen molar-refractivity contribution in [1.82, 2.24) is 20.5 Å². The molecule has 1 atom stereocenters. The number of hydrogen-bond donors (Lipinski definition) is 2. The second kappa shape index (κ2) is 9.38. The Bertz CT molecular complexity index is 558. The van der Waals surface area contributed by atoms with Crippen LogP contribution in [0.15, 0.2) is 10.4 Å². The van der Waals surface area contributed by atoms with E-state index < -0.39 is 11.9 Å². The molecule has 1 unspecified atom stereocenters. The van der Waals surface area contributed by atoms with Crippen molar-refractivity contribution in [3.8, 4) is 0 Å². The Labute approximate surface area is 150 Å². The van der Waals surface area contributed by atoms with Crippen LogP contribution in [0.1, 0.15) is 37.4 Å². The second-order valence-corrected chi connectivity index (χ2v) is 6.89. The number of nitrogens with one attached hydrogen (secondary N) is 2. The van der Waals surface area contributed by atoms with Crippen LogP contribution in [0.3, 0.4) is 0 Å². The van der Waals surface area contributed by atoms with Crippen molar-refractivity contribution < 1.29 is 13.2 Å². The molecular weight excluding hydrogens is 351 g/mol. The molecule has 142 valence electrons. The number of aromatic nitrogens is 1. The van der Waals surface area contributed by atoms with Crippen molar-refractivity contribution in [3.05, 3.63) is 16.1 Å². The predicted molar refractivity (Wildman–Crippen MR) is 95.1 cm³/mol. The van der Waals surface area contributed by atoms with Gasteiger partial charge in [-0.15, -0.1) is 11.3 Å². The zero-order chi connectivity index (χ0) is 18.3. The van der Waals surface area contributed by atoms with Gasteiger partial charge in [0.1, 0.15) is 0 Å². The number of thiazole rings is 1. The van der Waals surface area contributed by atoms with E-state index in [9.17, 15) is 13.2 Å². The van der Waals surface area contributed by atoms with Gasteiger partial charge in [-0.3, -0.25) is 9.89 Å². The van der Waals surface area contributed by atoms with Crippen LogP contribution < -0.4 is 10.6 Å². The average Bonchev–Trinajstić information content (AvgIpc) is 3.21. The van der Waals surface area contributed by atoms with Crippen molar-refractivity contribution in [3.63, 3.8) is 0 Å². The van der Waals surface area contributed by atoms with Gasteiger partial charge in [-0.25, -0.2) is 4.98 Å². The summed E-state index contributed by atoms with van der Waals surface area (Å²) >= 11 is 1.04. The largest absolute Gasteiger partial charge is 0.434 e. The number of aliphatic imine (C=N–C) groups is 1. The molecule has 0 spiro atoms. The average molecular weight is 377 g/mol. The molecule has 1 saturated heterocycles. The molecule has 2 N–H and O–H groups in total. The maximum atomic E-state index is 12.6. The molecule has 5 nitrogen and oxygen atoms in total. The van der Waals surface area contributed by atoms with Gasteiger partial charge in [-0.05, 0) is 32.9 Å². The van der Waals surface area contributed by atoms with Crippen LogP contribution in [0.5, 0.6) is 0 Å². The van der Waals surface area contributed by atoms with Crippen LogP contribution >= 0.6 is 11.3 Å². The minimum absolute atomic E-state index is 0.440. The van der Waals surface area contributed by atoms with E-state index in [4.69, 9.17) is 0 Å².